The molecule has 1 atom stereocenters. The summed E-state index contributed by atoms with van der Waals surface area (Å²) in [5, 5.41) is 13.8. The molecule has 1 N–H and O–H groups in total. The van der Waals surface area contributed by atoms with Gasteiger partial charge in [0.05, 0.1) is 54.7 Å². The summed E-state index contributed by atoms with van der Waals surface area (Å²) in [5.74, 6) is 1.89. The molecule has 0 fully saturated rings. The number of benzene rings is 3. The number of fused-ring (bicyclic) bond motifs is 1. The van der Waals surface area contributed by atoms with E-state index in [9.17, 15) is 10.1 Å². The first-order chi connectivity index (χ1) is 21.9. The van der Waals surface area contributed by atoms with Crippen LogP contribution in [0.2, 0.25) is 0 Å². The summed E-state index contributed by atoms with van der Waals surface area (Å²) < 4.78 is 23.2. The van der Waals surface area contributed by atoms with Crippen molar-refractivity contribution in [2.24, 2.45) is 0 Å². The SMILES string of the molecule is CCOc1ccc2nc(NC(=O)C(CC)Sc3nc(-c4ccccc4)cc(-c4cc(OC)c(OC)c(OC)c4)c3C#N)sc2c1. The molecule has 2 heterocycles. The number of thioether (sulfide) groups is 1. The lowest BCUT2D eigenvalue weighted by Gasteiger charge is -2.18. The molecule has 0 radical (unpaired) electrons. The number of nitrogens with one attached hydrogen (secondary N) is 1. The van der Waals surface area contributed by atoms with Gasteiger partial charge in [0.15, 0.2) is 16.6 Å². The lowest BCUT2D eigenvalue weighted by molar-refractivity contribution is -0.115. The maximum atomic E-state index is 13.6. The van der Waals surface area contributed by atoms with Crippen molar-refractivity contribution >= 4 is 44.4 Å². The molecular formula is C34H32N4O5S2. The topological polar surface area (TPSA) is 116 Å². The number of pyridine rings is 1. The number of hydrogen-bond donors (Lipinski definition) is 1. The summed E-state index contributed by atoms with van der Waals surface area (Å²) >= 11 is 2.64. The van der Waals surface area contributed by atoms with E-state index in [0.717, 1.165) is 21.5 Å². The lowest BCUT2D eigenvalue weighted by atomic mass is 9.98. The number of methoxy groups -OCH3 is 3. The number of nitriles is 1. The molecule has 45 heavy (non-hydrogen) atoms. The van der Waals surface area contributed by atoms with Gasteiger partial charge in [-0.1, -0.05) is 60.4 Å². The normalized spacial score (nSPS) is 11.5. The Morgan fingerprint density at radius 2 is 1.69 bits per heavy atom. The molecule has 2 aromatic heterocycles. The van der Waals surface area contributed by atoms with E-state index in [2.05, 4.69) is 16.4 Å². The van der Waals surface area contributed by atoms with Crippen LogP contribution in [0.1, 0.15) is 25.8 Å². The van der Waals surface area contributed by atoms with Gasteiger partial charge in [-0.2, -0.15) is 5.26 Å². The van der Waals surface area contributed by atoms with Crippen molar-refractivity contribution in [3.63, 3.8) is 0 Å². The van der Waals surface area contributed by atoms with Crippen LogP contribution in [0.25, 0.3) is 32.6 Å². The van der Waals surface area contributed by atoms with Gasteiger partial charge in [0.25, 0.3) is 0 Å². The van der Waals surface area contributed by atoms with Crippen molar-refractivity contribution < 1.29 is 23.7 Å². The van der Waals surface area contributed by atoms with E-state index >= 15 is 0 Å². The summed E-state index contributed by atoms with van der Waals surface area (Å²) in [6.45, 7) is 4.42. The summed E-state index contributed by atoms with van der Waals surface area (Å²) in [4.78, 5) is 23.1. The van der Waals surface area contributed by atoms with Crippen molar-refractivity contribution in [3.05, 3.63) is 72.3 Å². The Hall–Kier alpha value is -4.79. The van der Waals surface area contributed by atoms with Gasteiger partial charge in [-0.15, -0.1) is 0 Å². The lowest BCUT2D eigenvalue weighted by Crippen LogP contribution is -2.24. The zero-order valence-electron chi connectivity index (χ0n) is 25.5. The van der Waals surface area contributed by atoms with E-state index in [4.69, 9.17) is 23.9 Å². The molecule has 230 valence electrons. The summed E-state index contributed by atoms with van der Waals surface area (Å²) in [7, 11) is 4.63. The zero-order valence-corrected chi connectivity index (χ0v) is 27.2. The predicted octanol–water partition coefficient (Wildman–Crippen LogP) is 7.83. The van der Waals surface area contributed by atoms with Crippen molar-refractivity contribution in [1.82, 2.24) is 9.97 Å². The molecule has 0 bridgehead atoms. The molecule has 0 spiro atoms. The van der Waals surface area contributed by atoms with Gasteiger partial charge < -0.3 is 24.3 Å². The molecule has 0 saturated carbocycles. The van der Waals surface area contributed by atoms with Crippen molar-refractivity contribution in [3.8, 4) is 51.5 Å². The van der Waals surface area contributed by atoms with Crippen molar-refractivity contribution in [1.29, 1.82) is 5.26 Å². The van der Waals surface area contributed by atoms with Crippen LogP contribution in [0, 0.1) is 11.3 Å². The van der Waals surface area contributed by atoms with E-state index in [1.165, 1.54) is 30.2 Å². The van der Waals surface area contributed by atoms with Crippen LogP contribution in [0.15, 0.2) is 71.8 Å². The predicted molar refractivity (Wildman–Crippen MR) is 179 cm³/mol. The van der Waals surface area contributed by atoms with Crippen LogP contribution in [-0.2, 0) is 4.79 Å². The highest BCUT2D eigenvalue weighted by Crippen LogP contribution is 2.44. The zero-order chi connectivity index (χ0) is 31.9. The number of rotatable bonds is 12. The first-order valence-corrected chi connectivity index (χ1v) is 15.9. The number of carbonyl (C=O) groups is 1. The summed E-state index contributed by atoms with van der Waals surface area (Å²) in [6.07, 6.45) is 0.498. The molecule has 0 aliphatic heterocycles. The Labute approximate surface area is 270 Å². The van der Waals surface area contributed by atoms with E-state index < -0.39 is 5.25 Å². The first-order valence-electron chi connectivity index (χ1n) is 14.2. The van der Waals surface area contributed by atoms with Crippen molar-refractivity contribution in [2.45, 2.75) is 30.5 Å². The Bertz CT molecular complexity index is 1850. The monoisotopic (exact) mass is 640 g/mol. The third kappa shape index (κ3) is 6.82. The highest BCUT2D eigenvalue weighted by molar-refractivity contribution is 8.00. The van der Waals surface area contributed by atoms with E-state index in [1.54, 1.807) is 26.4 Å². The van der Waals surface area contributed by atoms with Gasteiger partial charge in [0.2, 0.25) is 11.7 Å². The molecule has 11 heteroatoms. The Morgan fingerprint density at radius 3 is 2.31 bits per heavy atom. The van der Waals surface area contributed by atoms with Crippen LogP contribution >= 0.6 is 23.1 Å². The fourth-order valence-corrected chi connectivity index (χ4v) is 6.72. The second kappa shape index (κ2) is 14.3. The van der Waals surface area contributed by atoms with Crippen LogP contribution in [0.5, 0.6) is 23.0 Å². The van der Waals surface area contributed by atoms with Gasteiger partial charge in [-0.05, 0) is 55.3 Å². The molecule has 5 aromatic rings. The minimum Gasteiger partial charge on any atom is -0.494 e. The average Bonchev–Trinajstić information content (AvgIpc) is 3.47. The summed E-state index contributed by atoms with van der Waals surface area (Å²) in [5.41, 5.74) is 3.95. The number of aromatic nitrogens is 2. The van der Waals surface area contributed by atoms with Gasteiger partial charge in [-0.3, -0.25) is 4.79 Å². The molecule has 0 aliphatic carbocycles. The van der Waals surface area contributed by atoms with E-state index in [1.807, 2.05) is 68.4 Å². The molecule has 1 amide bonds. The number of nitrogens with zero attached hydrogens (tertiary/aromatic N) is 3. The highest BCUT2D eigenvalue weighted by atomic mass is 32.2. The largest absolute Gasteiger partial charge is 0.494 e. The molecule has 0 aliphatic rings. The third-order valence-corrected chi connectivity index (χ3v) is 9.25. The number of amides is 1. The quantitative estimate of drug-likeness (QED) is 0.136. The van der Waals surface area contributed by atoms with Crippen LogP contribution < -0.4 is 24.3 Å². The number of ether oxygens (including phenoxy) is 4. The maximum Gasteiger partial charge on any atom is 0.239 e. The standard InChI is InChI=1S/C34H32N4O5S2/c1-6-29(32(39)38-34-37-25-14-13-22(43-7-2)17-30(25)45-34)44-33-24(19-35)23(18-26(36-33)20-11-9-8-10-12-20)21-15-27(40-3)31(42-5)28(16-21)41-4/h8-18,29H,6-7H2,1-5H3,(H,37,38,39). The molecule has 3 aromatic carbocycles. The minimum atomic E-state index is -0.547. The van der Waals surface area contributed by atoms with Crippen LogP contribution in [0.3, 0.4) is 0 Å². The number of hydrogen-bond acceptors (Lipinski definition) is 10. The van der Waals surface area contributed by atoms with Crippen molar-refractivity contribution in [2.75, 3.05) is 33.3 Å². The average molecular weight is 641 g/mol. The fourth-order valence-electron chi connectivity index (χ4n) is 4.79. The molecule has 9 nitrogen and oxygen atoms in total. The first kappa shape index (κ1) is 31.6. The molecule has 1 unspecified atom stereocenters. The highest BCUT2D eigenvalue weighted by Gasteiger charge is 2.25. The number of thiazole rings is 1. The van der Waals surface area contributed by atoms with Crippen LogP contribution in [0.4, 0.5) is 5.13 Å². The Kier molecular flexibility index (Phi) is 10.1. The number of carbonyl (C=O) groups excluding carboxylic acids is 1. The van der Waals surface area contributed by atoms with Gasteiger partial charge >= 0.3 is 0 Å². The second-order valence-corrected chi connectivity index (χ2v) is 11.9. The Morgan fingerprint density at radius 1 is 0.956 bits per heavy atom. The smallest absolute Gasteiger partial charge is 0.239 e. The van der Waals surface area contributed by atoms with Crippen LogP contribution in [-0.4, -0.2) is 49.1 Å². The van der Waals surface area contributed by atoms with Gasteiger partial charge in [0, 0.05) is 11.1 Å². The van der Waals surface area contributed by atoms with E-state index in [0.29, 0.717) is 62.8 Å². The number of anilines is 1. The second-order valence-electron chi connectivity index (χ2n) is 9.71. The van der Waals surface area contributed by atoms with Gasteiger partial charge in [0.1, 0.15) is 16.8 Å². The molecular weight excluding hydrogens is 609 g/mol. The van der Waals surface area contributed by atoms with E-state index in [-0.39, 0.29) is 5.91 Å². The maximum absolute atomic E-state index is 13.6. The fraction of sp³-hybridized carbons (Fsp3) is 0.235. The van der Waals surface area contributed by atoms with Gasteiger partial charge in [-0.25, -0.2) is 9.97 Å². The minimum absolute atomic E-state index is 0.225. The molecule has 0 saturated heterocycles. The Balaban J connectivity index is 1.54. The molecule has 5 rings (SSSR count). The third-order valence-electron chi connectivity index (χ3n) is 6.96. The summed E-state index contributed by atoms with van der Waals surface area (Å²) in [6, 6.07) is 23.2.